The number of carbonyl (C=O) groups excluding carboxylic acids is 2. The van der Waals surface area contributed by atoms with Crippen molar-refractivity contribution in [2.45, 2.75) is 65.0 Å². The van der Waals surface area contributed by atoms with Gasteiger partial charge in [-0.25, -0.2) is 9.78 Å². The molecule has 0 unspecified atom stereocenters. The molecule has 2 heterocycles. The molecule has 2 aliphatic rings. The van der Waals surface area contributed by atoms with Gasteiger partial charge in [-0.2, -0.15) is 0 Å². The van der Waals surface area contributed by atoms with Crippen molar-refractivity contribution >= 4 is 28.5 Å². The molecule has 0 bridgehead atoms. The molecule has 0 radical (unpaired) electrons. The van der Waals surface area contributed by atoms with E-state index >= 15 is 0 Å². The molecule has 29 heavy (non-hydrogen) atoms. The fourth-order valence-corrected chi connectivity index (χ4v) is 4.86. The van der Waals surface area contributed by atoms with Gasteiger partial charge in [0.2, 0.25) is 5.91 Å². The van der Waals surface area contributed by atoms with E-state index in [9.17, 15) is 9.59 Å². The van der Waals surface area contributed by atoms with Crippen molar-refractivity contribution in [2.75, 3.05) is 11.9 Å². The molecule has 0 saturated carbocycles. The minimum atomic E-state index is -0.512. The lowest BCUT2D eigenvalue weighted by Crippen LogP contribution is -2.39. The standard InChI is InChI=1S/C22H27N3O3S/c1-22(2,3)28-21(27)25-10-9-17-18(13-25)29-20(23-17)24-19(26)12-14-7-8-15-5-4-6-16(15)11-14/h7-8,11H,4-6,9-10,12-13H2,1-3H3,(H,23,24,26). The number of hydrogen-bond donors (Lipinski definition) is 1. The van der Waals surface area contributed by atoms with Crippen LogP contribution < -0.4 is 5.32 Å². The third-order valence-corrected chi connectivity index (χ3v) is 6.15. The van der Waals surface area contributed by atoms with Crippen LogP contribution in [-0.2, 0) is 41.8 Å². The number of anilines is 1. The van der Waals surface area contributed by atoms with E-state index in [0.29, 0.717) is 31.1 Å². The molecule has 0 atom stereocenters. The van der Waals surface area contributed by atoms with Crippen LogP contribution >= 0.6 is 11.3 Å². The second-order valence-corrected chi connectivity index (χ2v) is 9.81. The summed E-state index contributed by atoms with van der Waals surface area (Å²) >= 11 is 1.44. The molecular weight excluding hydrogens is 386 g/mol. The second-order valence-electron chi connectivity index (χ2n) is 8.72. The molecule has 7 heteroatoms. The van der Waals surface area contributed by atoms with Gasteiger partial charge >= 0.3 is 6.09 Å². The summed E-state index contributed by atoms with van der Waals surface area (Å²) in [5, 5.41) is 3.54. The summed E-state index contributed by atoms with van der Waals surface area (Å²) in [5.74, 6) is -0.0574. The minimum Gasteiger partial charge on any atom is -0.444 e. The number of nitrogens with one attached hydrogen (secondary N) is 1. The van der Waals surface area contributed by atoms with Crippen LogP contribution in [0.15, 0.2) is 18.2 Å². The van der Waals surface area contributed by atoms with Crippen LogP contribution in [0.2, 0.25) is 0 Å². The molecule has 1 aromatic heterocycles. The first-order chi connectivity index (χ1) is 13.8. The molecule has 4 rings (SSSR count). The first-order valence-corrected chi connectivity index (χ1v) is 11.0. The summed E-state index contributed by atoms with van der Waals surface area (Å²) in [6.07, 6.45) is 4.17. The molecule has 0 fully saturated rings. The summed E-state index contributed by atoms with van der Waals surface area (Å²) in [4.78, 5) is 32.1. The van der Waals surface area contributed by atoms with Crippen LogP contribution in [-0.4, -0.2) is 34.0 Å². The summed E-state index contributed by atoms with van der Waals surface area (Å²) in [5.41, 5.74) is 4.28. The fourth-order valence-electron chi connectivity index (χ4n) is 3.82. The van der Waals surface area contributed by atoms with Gasteiger partial charge in [-0.1, -0.05) is 29.5 Å². The number of benzene rings is 1. The summed E-state index contributed by atoms with van der Waals surface area (Å²) in [6, 6.07) is 6.36. The fraction of sp³-hybridized carbons (Fsp3) is 0.500. The Morgan fingerprint density at radius 1 is 1.21 bits per heavy atom. The van der Waals surface area contributed by atoms with Crippen LogP contribution in [0.5, 0.6) is 0 Å². The average molecular weight is 414 g/mol. The smallest absolute Gasteiger partial charge is 0.410 e. The molecule has 2 amide bonds. The highest BCUT2D eigenvalue weighted by Gasteiger charge is 2.28. The number of rotatable bonds is 3. The van der Waals surface area contributed by atoms with Gasteiger partial charge in [0.25, 0.3) is 0 Å². The number of fused-ring (bicyclic) bond motifs is 2. The molecule has 0 spiro atoms. The van der Waals surface area contributed by atoms with Gasteiger partial charge in [-0.15, -0.1) is 0 Å². The lowest BCUT2D eigenvalue weighted by Gasteiger charge is -2.29. The van der Waals surface area contributed by atoms with E-state index in [0.717, 1.165) is 29.0 Å². The predicted molar refractivity (Wildman–Crippen MR) is 113 cm³/mol. The van der Waals surface area contributed by atoms with Gasteiger partial charge in [0.15, 0.2) is 5.13 Å². The number of carbonyl (C=O) groups is 2. The molecule has 0 saturated heterocycles. The van der Waals surface area contributed by atoms with Crippen LogP contribution in [0.1, 0.15) is 54.5 Å². The molecule has 154 valence electrons. The van der Waals surface area contributed by atoms with Crippen molar-refractivity contribution in [2.24, 2.45) is 0 Å². The van der Waals surface area contributed by atoms with Gasteiger partial charge in [0.1, 0.15) is 5.60 Å². The largest absolute Gasteiger partial charge is 0.444 e. The Hall–Kier alpha value is -2.41. The van der Waals surface area contributed by atoms with Crippen LogP contribution in [0, 0.1) is 0 Å². The Bertz CT molecular complexity index is 945. The number of ether oxygens (including phenoxy) is 1. The van der Waals surface area contributed by atoms with Gasteiger partial charge in [-0.05, 0) is 56.7 Å². The van der Waals surface area contributed by atoms with Gasteiger partial charge < -0.3 is 15.0 Å². The Morgan fingerprint density at radius 3 is 2.79 bits per heavy atom. The Morgan fingerprint density at radius 2 is 2.00 bits per heavy atom. The number of aromatic nitrogens is 1. The van der Waals surface area contributed by atoms with Gasteiger partial charge in [0.05, 0.1) is 18.7 Å². The number of amides is 2. The maximum Gasteiger partial charge on any atom is 0.410 e. The van der Waals surface area contributed by atoms with E-state index in [1.165, 1.54) is 28.9 Å². The SMILES string of the molecule is CC(C)(C)OC(=O)N1CCc2nc(NC(=O)Cc3ccc4c(c3)CCC4)sc2C1. The number of hydrogen-bond acceptors (Lipinski definition) is 5. The van der Waals surface area contributed by atoms with Gasteiger partial charge in [0, 0.05) is 17.8 Å². The number of thiazole rings is 1. The number of aryl methyl sites for hydroxylation is 2. The molecule has 1 aliphatic carbocycles. The zero-order valence-corrected chi connectivity index (χ0v) is 18.0. The molecular formula is C22H27N3O3S. The first-order valence-electron chi connectivity index (χ1n) is 10.1. The van der Waals surface area contributed by atoms with Crippen molar-refractivity contribution < 1.29 is 14.3 Å². The normalized spacial score (nSPS) is 15.6. The van der Waals surface area contributed by atoms with Crippen LogP contribution in [0.3, 0.4) is 0 Å². The maximum absolute atomic E-state index is 12.5. The second kappa shape index (κ2) is 7.78. The lowest BCUT2D eigenvalue weighted by atomic mass is 10.0. The minimum absolute atomic E-state index is 0.0574. The third kappa shape index (κ3) is 4.78. The first kappa shape index (κ1) is 19.9. The van der Waals surface area contributed by atoms with Crippen molar-refractivity contribution in [1.29, 1.82) is 0 Å². The highest BCUT2D eigenvalue weighted by Crippen LogP contribution is 2.29. The monoisotopic (exact) mass is 413 g/mol. The summed E-state index contributed by atoms with van der Waals surface area (Å²) in [7, 11) is 0. The van der Waals surface area contributed by atoms with Crippen molar-refractivity contribution in [3.05, 3.63) is 45.5 Å². The van der Waals surface area contributed by atoms with Crippen molar-refractivity contribution in [1.82, 2.24) is 9.88 Å². The Balaban J connectivity index is 1.36. The van der Waals surface area contributed by atoms with Gasteiger partial charge in [-0.3, -0.25) is 4.79 Å². The maximum atomic E-state index is 12.5. The van der Waals surface area contributed by atoms with E-state index in [2.05, 4.69) is 28.5 Å². The van der Waals surface area contributed by atoms with E-state index < -0.39 is 5.60 Å². The Kier molecular flexibility index (Phi) is 5.34. The quantitative estimate of drug-likeness (QED) is 0.822. The van der Waals surface area contributed by atoms with Crippen molar-refractivity contribution in [3.63, 3.8) is 0 Å². The third-order valence-electron chi connectivity index (χ3n) is 5.16. The Labute approximate surface area is 175 Å². The predicted octanol–water partition coefficient (Wildman–Crippen LogP) is 4.11. The summed E-state index contributed by atoms with van der Waals surface area (Å²) < 4.78 is 5.46. The highest BCUT2D eigenvalue weighted by atomic mass is 32.1. The molecule has 1 aliphatic heterocycles. The van der Waals surface area contributed by atoms with E-state index in [4.69, 9.17) is 4.74 Å². The van der Waals surface area contributed by atoms with Crippen molar-refractivity contribution in [3.8, 4) is 0 Å². The topological polar surface area (TPSA) is 71.5 Å². The summed E-state index contributed by atoms with van der Waals surface area (Å²) in [6.45, 7) is 6.64. The van der Waals surface area contributed by atoms with Crippen LogP contribution in [0.4, 0.5) is 9.93 Å². The molecule has 1 N–H and O–H groups in total. The molecule has 6 nitrogen and oxygen atoms in total. The van der Waals surface area contributed by atoms with E-state index in [1.54, 1.807) is 4.90 Å². The highest BCUT2D eigenvalue weighted by molar-refractivity contribution is 7.15. The zero-order valence-electron chi connectivity index (χ0n) is 17.2. The van der Waals surface area contributed by atoms with Crippen LogP contribution in [0.25, 0.3) is 0 Å². The number of nitrogens with zero attached hydrogens (tertiary/aromatic N) is 2. The molecule has 2 aromatic rings. The average Bonchev–Trinajstić information content (AvgIpc) is 3.24. The lowest BCUT2D eigenvalue weighted by molar-refractivity contribution is -0.115. The zero-order chi connectivity index (χ0) is 20.6. The molecule has 1 aromatic carbocycles. The van der Waals surface area contributed by atoms with E-state index in [1.807, 2.05) is 20.8 Å². The van der Waals surface area contributed by atoms with E-state index in [-0.39, 0.29) is 12.0 Å².